The van der Waals surface area contributed by atoms with Crippen LogP contribution >= 0.6 is 0 Å². The molecule has 3 aromatic heterocycles. The Hall–Kier alpha value is -3.08. The summed E-state index contributed by atoms with van der Waals surface area (Å²) in [7, 11) is 0. The average Bonchev–Trinajstić information content (AvgIpc) is 3.40. The molecule has 0 amide bonds. The third kappa shape index (κ3) is 2.17. The van der Waals surface area contributed by atoms with Crippen molar-refractivity contribution in [1.29, 1.82) is 0 Å². The molecule has 1 aromatic carbocycles. The summed E-state index contributed by atoms with van der Waals surface area (Å²) < 4.78 is 2.48. The van der Waals surface area contributed by atoms with Gasteiger partial charge < -0.3 is 4.57 Å². The smallest absolute Gasteiger partial charge is 0.115 e. The standard InChI is InChI=1S/C22H19N5/c1-13-3-2-4-18(25-13)20-21(27-16-7-5-15(11-16)22(27)26-20)14-6-8-17-19(12-14)24-10-9-23-17/h2-4,6,8-10,12,15-16H,5,7,11H2,1H3/t15-,16+/m1/s1. The fourth-order valence-electron chi connectivity index (χ4n) is 4.77. The summed E-state index contributed by atoms with van der Waals surface area (Å²) in [5, 5.41) is 0. The summed E-state index contributed by atoms with van der Waals surface area (Å²) >= 11 is 0. The van der Waals surface area contributed by atoms with Crippen LogP contribution in [-0.4, -0.2) is 24.5 Å². The molecule has 1 aliphatic heterocycles. The van der Waals surface area contributed by atoms with Gasteiger partial charge in [0.05, 0.1) is 22.4 Å². The second-order valence-corrected chi connectivity index (χ2v) is 7.63. The minimum atomic E-state index is 0.559. The van der Waals surface area contributed by atoms with Gasteiger partial charge in [-0.05, 0) is 50.5 Å². The van der Waals surface area contributed by atoms with Gasteiger partial charge in [-0.2, -0.15) is 0 Å². The van der Waals surface area contributed by atoms with Gasteiger partial charge in [0.2, 0.25) is 0 Å². The number of nitrogens with zero attached hydrogens (tertiary/aromatic N) is 5. The van der Waals surface area contributed by atoms with E-state index >= 15 is 0 Å². The molecule has 0 unspecified atom stereocenters. The maximum absolute atomic E-state index is 5.11. The molecule has 4 aromatic rings. The van der Waals surface area contributed by atoms with Crippen LogP contribution in [0.15, 0.2) is 48.8 Å². The quantitative estimate of drug-likeness (QED) is 0.525. The van der Waals surface area contributed by atoms with Crippen molar-refractivity contribution in [2.45, 2.75) is 38.1 Å². The van der Waals surface area contributed by atoms with Gasteiger partial charge in [-0.3, -0.25) is 15.0 Å². The first-order chi connectivity index (χ1) is 13.3. The van der Waals surface area contributed by atoms with Crippen LogP contribution in [0.5, 0.6) is 0 Å². The number of aromatic nitrogens is 5. The van der Waals surface area contributed by atoms with Crippen molar-refractivity contribution in [3.63, 3.8) is 0 Å². The Balaban J connectivity index is 1.63. The van der Waals surface area contributed by atoms with E-state index in [-0.39, 0.29) is 0 Å². The van der Waals surface area contributed by atoms with E-state index < -0.39 is 0 Å². The molecular formula is C22H19N5. The van der Waals surface area contributed by atoms with Crippen LogP contribution in [0.4, 0.5) is 0 Å². The first-order valence-electron chi connectivity index (χ1n) is 9.55. The minimum Gasteiger partial charge on any atom is -0.324 e. The molecule has 27 heavy (non-hydrogen) atoms. The van der Waals surface area contributed by atoms with Crippen LogP contribution in [-0.2, 0) is 0 Å². The molecule has 0 N–H and O–H groups in total. The zero-order valence-electron chi connectivity index (χ0n) is 15.1. The van der Waals surface area contributed by atoms with E-state index in [4.69, 9.17) is 9.97 Å². The van der Waals surface area contributed by atoms with E-state index in [1.54, 1.807) is 12.4 Å². The zero-order valence-corrected chi connectivity index (χ0v) is 15.1. The number of aryl methyl sites for hydroxylation is 1. The van der Waals surface area contributed by atoms with Crippen molar-refractivity contribution < 1.29 is 0 Å². The van der Waals surface area contributed by atoms with E-state index in [0.29, 0.717) is 12.0 Å². The number of hydrogen-bond donors (Lipinski definition) is 0. The van der Waals surface area contributed by atoms with Crippen molar-refractivity contribution >= 4 is 11.0 Å². The average molecular weight is 353 g/mol. The number of pyridine rings is 1. The highest BCUT2D eigenvalue weighted by Crippen LogP contribution is 2.52. The van der Waals surface area contributed by atoms with Gasteiger partial charge in [0, 0.05) is 35.6 Å². The summed E-state index contributed by atoms with van der Waals surface area (Å²) in [5.41, 5.74) is 7.12. The zero-order chi connectivity index (χ0) is 18.0. The van der Waals surface area contributed by atoms with E-state index in [1.807, 2.05) is 13.0 Å². The second-order valence-electron chi connectivity index (χ2n) is 7.63. The van der Waals surface area contributed by atoms with E-state index in [0.717, 1.165) is 33.7 Å². The highest BCUT2D eigenvalue weighted by molar-refractivity contribution is 5.85. The number of hydrogen-bond acceptors (Lipinski definition) is 4. The third-order valence-corrected chi connectivity index (χ3v) is 5.95. The van der Waals surface area contributed by atoms with Gasteiger partial charge in [0.15, 0.2) is 0 Å². The molecule has 4 heterocycles. The topological polar surface area (TPSA) is 56.5 Å². The minimum absolute atomic E-state index is 0.559. The molecule has 0 saturated heterocycles. The van der Waals surface area contributed by atoms with E-state index in [9.17, 15) is 0 Å². The fraction of sp³-hybridized carbons (Fsp3) is 0.273. The molecule has 6 rings (SSSR count). The molecule has 132 valence electrons. The Morgan fingerprint density at radius 1 is 0.963 bits per heavy atom. The maximum atomic E-state index is 5.11. The van der Waals surface area contributed by atoms with Crippen molar-refractivity contribution in [2.75, 3.05) is 0 Å². The van der Waals surface area contributed by atoms with Gasteiger partial charge >= 0.3 is 0 Å². The monoisotopic (exact) mass is 353 g/mol. The maximum Gasteiger partial charge on any atom is 0.115 e. The van der Waals surface area contributed by atoms with Crippen molar-refractivity contribution in [2.24, 2.45) is 0 Å². The first kappa shape index (κ1) is 15.0. The molecule has 2 bridgehead atoms. The molecule has 2 atom stereocenters. The molecule has 2 aliphatic rings. The number of benzene rings is 1. The lowest BCUT2D eigenvalue weighted by Crippen LogP contribution is -2.07. The Bertz CT molecular complexity index is 1190. The largest absolute Gasteiger partial charge is 0.324 e. The highest BCUT2D eigenvalue weighted by Gasteiger charge is 2.41. The van der Waals surface area contributed by atoms with Crippen LogP contribution in [0.25, 0.3) is 33.7 Å². The number of imidazole rings is 1. The van der Waals surface area contributed by atoms with Crippen LogP contribution in [0.2, 0.25) is 0 Å². The van der Waals surface area contributed by atoms with E-state index in [2.05, 4.69) is 44.9 Å². The summed E-state index contributed by atoms with van der Waals surface area (Å²) in [6.45, 7) is 2.03. The molecule has 5 nitrogen and oxygen atoms in total. The lowest BCUT2D eigenvalue weighted by molar-refractivity contribution is 0.530. The van der Waals surface area contributed by atoms with Crippen LogP contribution < -0.4 is 0 Å². The molecule has 1 aliphatic carbocycles. The number of fused-ring (bicyclic) bond motifs is 6. The van der Waals surface area contributed by atoms with Gasteiger partial charge in [-0.1, -0.05) is 12.1 Å². The molecule has 0 radical (unpaired) electrons. The van der Waals surface area contributed by atoms with Crippen LogP contribution in [0, 0.1) is 6.92 Å². The van der Waals surface area contributed by atoms with Gasteiger partial charge in [-0.25, -0.2) is 4.98 Å². The predicted molar refractivity (Wildman–Crippen MR) is 104 cm³/mol. The van der Waals surface area contributed by atoms with Gasteiger partial charge in [-0.15, -0.1) is 0 Å². The summed E-state index contributed by atoms with van der Waals surface area (Å²) in [5.74, 6) is 1.83. The first-order valence-corrected chi connectivity index (χ1v) is 9.55. The molecule has 1 fully saturated rings. The second kappa shape index (κ2) is 5.46. The lowest BCUT2D eigenvalue weighted by atomic mass is 10.1. The normalized spacial score (nSPS) is 20.3. The summed E-state index contributed by atoms with van der Waals surface area (Å²) in [6, 6.07) is 13.1. The lowest BCUT2D eigenvalue weighted by Gasteiger charge is -2.17. The van der Waals surface area contributed by atoms with Crippen LogP contribution in [0.3, 0.4) is 0 Å². The Morgan fingerprint density at radius 2 is 1.85 bits per heavy atom. The number of rotatable bonds is 2. The van der Waals surface area contributed by atoms with Crippen molar-refractivity contribution in [3.8, 4) is 22.6 Å². The predicted octanol–water partition coefficient (Wildman–Crippen LogP) is 4.69. The highest BCUT2D eigenvalue weighted by atomic mass is 15.2. The molecular weight excluding hydrogens is 334 g/mol. The summed E-state index contributed by atoms with van der Waals surface area (Å²) in [4.78, 5) is 18.8. The van der Waals surface area contributed by atoms with Crippen molar-refractivity contribution in [3.05, 3.63) is 60.3 Å². The van der Waals surface area contributed by atoms with Crippen molar-refractivity contribution in [1.82, 2.24) is 24.5 Å². The van der Waals surface area contributed by atoms with E-state index in [1.165, 1.54) is 30.8 Å². The third-order valence-electron chi connectivity index (χ3n) is 5.95. The molecule has 1 saturated carbocycles. The SMILES string of the molecule is Cc1cccc(-c2nc3n(c2-c2ccc4nccnc4c2)[C@H]2CC[C@@H]3C2)n1. The van der Waals surface area contributed by atoms with Crippen LogP contribution in [0.1, 0.15) is 42.7 Å². The Morgan fingerprint density at radius 3 is 2.74 bits per heavy atom. The summed E-state index contributed by atoms with van der Waals surface area (Å²) in [6.07, 6.45) is 7.21. The fourth-order valence-corrected chi connectivity index (χ4v) is 4.77. The van der Waals surface area contributed by atoms with Gasteiger partial charge in [0.1, 0.15) is 11.5 Å². The molecule has 5 heteroatoms. The molecule has 0 spiro atoms. The van der Waals surface area contributed by atoms with Gasteiger partial charge in [0.25, 0.3) is 0 Å². The Labute approximate surface area is 157 Å². The Kier molecular flexibility index (Phi) is 3.04.